The highest BCUT2D eigenvalue weighted by Crippen LogP contribution is 2.62. The Morgan fingerprint density at radius 2 is 1.29 bits per heavy atom. The number of aromatic nitrogens is 3. The molecule has 226 valence electrons. The van der Waals surface area contributed by atoms with Gasteiger partial charge in [0.25, 0.3) is 5.65 Å². The molecule has 0 radical (unpaired) electrons. The van der Waals surface area contributed by atoms with E-state index in [1.54, 1.807) is 0 Å². The van der Waals surface area contributed by atoms with Gasteiger partial charge in [-0.15, -0.1) is 0 Å². The third-order valence-electron chi connectivity index (χ3n) is 13.5. The number of hydrogen-bond donors (Lipinski definition) is 0. The Kier molecular flexibility index (Phi) is 5.64. The van der Waals surface area contributed by atoms with E-state index in [4.69, 9.17) is 4.98 Å². The molecule has 1 aliphatic heterocycles. The molecule has 2 aromatic heterocycles. The highest BCUT2D eigenvalue weighted by Gasteiger charge is 2.59. The molecule has 2 aliphatic rings. The highest BCUT2D eigenvalue weighted by atomic mass is 15.2. The number of benzene rings is 2. The van der Waals surface area contributed by atoms with E-state index in [1.807, 2.05) is 0 Å². The first-order valence-corrected chi connectivity index (χ1v) is 16.5. The Balaban J connectivity index is 1.97. The summed E-state index contributed by atoms with van der Waals surface area (Å²) in [6.07, 6.45) is 2.13. The summed E-state index contributed by atoms with van der Waals surface area (Å²) in [5.74, 6) is 1.15. The summed E-state index contributed by atoms with van der Waals surface area (Å²) < 4.78 is 5.36. The lowest BCUT2D eigenvalue weighted by Crippen LogP contribution is -2.66. The largest absolute Gasteiger partial charge is 0.299 e. The van der Waals surface area contributed by atoms with Gasteiger partial charge in [-0.3, -0.25) is 0 Å². The highest BCUT2D eigenvalue weighted by molar-refractivity contribution is 5.98. The van der Waals surface area contributed by atoms with Crippen molar-refractivity contribution in [1.29, 1.82) is 0 Å². The molecule has 0 bridgehead atoms. The molecule has 0 fully saturated rings. The van der Waals surface area contributed by atoms with Crippen LogP contribution in [0.2, 0.25) is 0 Å². The van der Waals surface area contributed by atoms with Crippen LogP contribution in [0.3, 0.4) is 0 Å². The van der Waals surface area contributed by atoms with Crippen LogP contribution >= 0.6 is 0 Å². The first-order chi connectivity index (χ1) is 19.0. The third kappa shape index (κ3) is 3.14. The minimum absolute atomic E-state index is 0.0418. The average Bonchev–Trinajstić information content (AvgIpc) is 3.27. The van der Waals surface area contributed by atoms with Crippen molar-refractivity contribution in [3.8, 4) is 0 Å². The zero-order chi connectivity index (χ0) is 31.4. The molecule has 3 heteroatoms. The molecule has 0 saturated carbocycles. The second kappa shape index (κ2) is 7.99. The fraction of sp³-hybridized carbons (Fsp3) is 0.641. The van der Waals surface area contributed by atoms with Gasteiger partial charge in [-0.25, -0.2) is 9.55 Å². The summed E-state index contributed by atoms with van der Waals surface area (Å²) >= 11 is 0. The maximum Gasteiger partial charge on any atom is 0.299 e. The first kappa shape index (κ1) is 29.6. The van der Waals surface area contributed by atoms with Crippen molar-refractivity contribution < 1.29 is 4.57 Å². The third-order valence-corrected chi connectivity index (χ3v) is 13.5. The number of fused-ring (bicyclic) bond motifs is 4. The van der Waals surface area contributed by atoms with Crippen LogP contribution in [0.15, 0.2) is 24.3 Å². The summed E-state index contributed by atoms with van der Waals surface area (Å²) in [6, 6.07) is 10.1. The lowest BCUT2D eigenvalue weighted by atomic mass is 9.59. The molecule has 0 N–H and O–H groups in total. The van der Waals surface area contributed by atoms with Gasteiger partial charge in [0, 0.05) is 10.8 Å². The van der Waals surface area contributed by atoms with Crippen molar-refractivity contribution in [3.05, 3.63) is 52.3 Å². The predicted molar refractivity (Wildman–Crippen MR) is 179 cm³/mol. The number of nitrogens with zero attached hydrogens (tertiary/aromatic N) is 3. The van der Waals surface area contributed by atoms with Crippen molar-refractivity contribution in [2.75, 3.05) is 0 Å². The zero-order valence-corrected chi connectivity index (χ0v) is 29.6. The van der Waals surface area contributed by atoms with E-state index in [9.17, 15) is 0 Å². The normalized spacial score (nSPS) is 26.1. The molecule has 1 aliphatic carbocycles. The second-order valence-corrected chi connectivity index (χ2v) is 17.9. The van der Waals surface area contributed by atoms with Crippen LogP contribution in [0, 0.1) is 5.41 Å². The van der Waals surface area contributed by atoms with Gasteiger partial charge in [-0.1, -0.05) is 110 Å². The van der Waals surface area contributed by atoms with E-state index < -0.39 is 0 Å². The molecule has 2 atom stereocenters. The standard InChI is InChI=1S/C39H56N3/c1-17-38(15)26-19-23(33(3,4)5)20-27-30(26)31-41(32(40-27)34(6,7)8)28-21-24-25(22-29(28)42(31)39(38,16)18-2)36(11,12)37(13,14)35(24,9)10/h19-22H,17-18H2,1-16H3/q+1. The molecule has 0 saturated heterocycles. The second-order valence-electron chi connectivity index (χ2n) is 17.9. The Labute approximate surface area is 255 Å². The SMILES string of the molecule is CCC1(C)c2cc(C(C)(C)C)cc3nc(C(C)(C)C)n4c5cc6c(cc5[n+](c4c23)C1(C)CC)C(C)(C)C(C)(C)C6(C)C. The molecule has 3 nitrogen and oxygen atoms in total. The Bertz CT molecular complexity index is 1810. The summed E-state index contributed by atoms with van der Waals surface area (Å²) in [7, 11) is 0. The summed E-state index contributed by atoms with van der Waals surface area (Å²) in [4.78, 5) is 5.62. The number of hydrogen-bond acceptors (Lipinski definition) is 1. The number of imidazole rings is 1. The van der Waals surface area contributed by atoms with Crippen LogP contribution in [0.1, 0.15) is 152 Å². The van der Waals surface area contributed by atoms with Crippen LogP contribution in [-0.2, 0) is 32.6 Å². The topological polar surface area (TPSA) is 21.2 Å². The molecule has 2 aromatic carbocycles. The smallest absolute Gasteiger partial charge is 0.216 e. The Hall–Kier alpha value is -2.42. The minimum Gasteiger partial charge on any atom is -0.216 e. The maximum atomic E-state index is 5.62. The average molecular weight is 567 g/mol. The fourth-order valence-corrected chi connectivity index (χ4v) is 8.83. The van der Waals surface area contributed by atoms with Crippen molar-refractivity contribution in [3.63, 3.8) is 0 Å². The molecule has 4 aromatic rings. The van der Waals surface area contributed by atoms with E-state index in [1.165, 1.54) is 44.3 Å². The van der Waals surface area contributed by atoms with E-state index in [-0.39, 0.29) is 38.0 Å². The van der Waals surface area contributed by atoms with Gasteiger partial charge in [0.05, 0.1) is 10.9 Å². The Morgan fingerprint density at radius 1 is 0.714 bits per heavy atom. The van der Waals surface area contributed by atoms with Crippen molar-refractivity contribution in [2.24, 2.45) is 5.41 Å². The minimum atomic E-state index is -0.128. The molecule has 0 spiro atoms. The van der Waals surface area contributed by atoms with E-state index >= 15 is 0 Å². The maximum absolute atomic E-state index is 5.62. The summed E-state index contributed by atoms with van der Waals surface area (Å²) in [5, 5.41) is 1.35. The van der Waals surface area contributed by atoms with Gasteiger partial charge in [0.1, 0.15) is 5.54 Å². The lowest BCUT2D eigenvalue weighted by Gasteiger charge is -2.47. The van der Waals surface area contributed by atoms with Gasteiger partial charge in [0.15, 0.2) is 11.0 Å². The van der Waals surface area contributed by atoms with Gasteiger partial charge in [0.2, 0.25) is 5.82 Å². The molecule has 3 heterocycles. The van der Waals surface area contributed by atoms with Crippen molar-refractivity contribution in [2.45, 2.75) is 156 Å². The Morgan fingerprint density at radius 3 is 1.79 bits per heavy atom. The van der Waals surface area contributed by atoms with E-state index in [0.29, 0.717) is 0 Å². The van der Waals surface area contributed by atoms with Crippen LogP contribution < -0.4 is 4.57 Å². The van der Waals surface area contributed by atoms with Gasteiger partial charge >= 0.3 is 0 Å². The summed E-state index contributed by atoms with van der Waals surface area (Å²) in [6.45, 7) is 38.7. The van der Waals surface area contributed by atoms with Gasteiger partial charge in [-0.05, 0) is 81.9 Å². The molecule has 6 rings (SSSR count). The van der Waals surface area contributed by atoms with Gasteiger partial charge < -0.3 is 0 Å². The van der Waals surface area contributed by atoms with Gasteiger partial charge in [-0.2, -0.15) is 4.40 Å². The lowest BCUT2D eigenvalue weighted by molar-refractivity contribution is -0.728. The monoisotopic (exact) mass is 566 g/mol. The van der Waals surface area contributed by atoms with Crippen LogP contribution in [-0.4, -0.2) is 9.38 Å². The zero-order valence-electron chi connectivity index (χ0n) is 29.6. The van der Waals surface area contributed by atoms with E-state index in [2.05, 4.69) is 144 Å². The van der Waals surface area contributed by atoms with Crippen LogP contribution in [0.5, 0.6) is 0 Å². The summed E-state index contributed by atoms with van der Waals surface area (Å²) in [5.41, 5.74) is 11.0. The number of rotatable bonds is 2. The quantitative estimate of drug-likeness (QED) is 0.221. The molecule has 0 amide bonds. The molecular weight excluding hydrogens is 510 g/mol. The fourth-order valence-electron chi connectivity index (χ4n) is 8.83. The van der Waals surface area contributed by atoms with Crippen LogP contribution in [0.4, 0.5) is 0 Å². The van der Waals surface area contributed by atoms with Crippen molar-refractivity contribution >= 4 is 27.6 Å². The van der Waals surface area contributed by atoms with Crippen LogP contribution in [0.25, 0.3) is 27.6 Å². The first-order valence-electron chi connectivity index (χ1n) is 16.5. The molecule has 42 heavy (non-hydrogen) atoms. The van der Waals surface area contributed by atoms with Crippen molar-refractivity contribution in [1.82, 2.24) is 9.38 Å². The van der Waals surface area contributed by atoms with E-state index in [0.717, 1.165) is 24.2 Å². The molecular formula is C39H56N3+. The molecule has 2 unspecified atom stereocenters. The predicted octanol–water partition coefficient (Wildman–Crippen LogP) is 9.92.